The van der Waals surface area contributed by atoms with Crippen LogP contribution in [0.5, 0.6) is 0 Å². The molecule has 2 aromatic heterocycles. The highest BCUT2D eigenvalue weighted by Crippen LogP contribution is 2.50. The van der Waals surface area contributed by atoms with Gasteiger partial charge in [0.15, 0.2) is 0 Å². The number of pyridine rings is 1. The molecule has 7 heteroatoms. The maximum absolute atomic E-state index is 13.0. The second-order valence-electron chi connectivity index (χ2n) is 9.32. The minimum absolute atomic E-state index is 0.0739. The van der Waals surface area contributed by atoms with Crippen LogP contribution in [0.3, 0.4) is 0 Å². The van der Waals surface area contributed by atoms with E-state index in [2.05, 4.69) is 56.3 Å². The standard InChI is InChI=1S/C27H30N6O/c1-29-23-16-19(10-13-30-23)6-5-8-21-18-31-26(32(2)25(21)34)33-14-11-27(12-15-33)17-20-7-3-4-9-22(20)24(27)28/h3-4,7,9-10,13,16,18,24H,6,11-12,14-15,17,28H2,1-2H3,(H,29,30)/t24-/m1/s1. The predicted octanol–water partition coefficient (Wildman–Crippen LogP) is 2.65. The van der Waals surface area contributed by atoms with Crippen molar-refractivity contribution in [3.05, 3.63) is 81.4 Å². The number of nitrogens with zero attached hydrogens (tertiary/aromatic N) is 4. The number of anilines is 2. The zero-order chi connectivity index (χ0) is 23.7. The lowest BCUT2D eigenvalue weighted by Gasteiger charge is -2.42. The molecule has 1 aliphatic heterocycles. The van der Waals surface area contributed by atoms with Gasteiger partial charge in [0.25, 0.3) is 5.56 Å². The number of benzene rings is 1. The van der Waals surface area contributed by atoms with Crippen LogP contribution in [-0.2, 0) is 19.9 Å². The molecule has 0 bridgehead atoms. The van der Waals surface area contributed by atoms with Crippen molar-refractivity contribution < 1.29 is 0 Å². The Labute approximate surface area is 200 Å². The van der Waals surface area contributed by atoms with Gasteiger partial charge in [0.05, 0.1) is 6.20 Å². The molecule has 0 saturated carbocycles. The van der Waals surface area contributed by atoms with Crippen LogP contribution < -0.4 is 21.5 Å². The second-order valence-corrected chi connectivity index (χ2v) is 9.32. The Kier molecular flexibility index (Phi) is 5.84. The fourth-order valence-electron chi connectivity index (χ4n) is 5.34. The first-order valence-electron chi connectivity index (χ1n) is 11.8. The lowest BCUT2D eigenvalue weighted by molar-refractivity contribution is 0.186. The molecule has 0 radical (unpaired) electrons. The molecule has 1 atom stereocenters. The topological polar surface area (TPSA) is 89.1 Å². The molecule has 1 aromatic carbocycles. The Hall–Kier alpha value is -3.63. The van der Waals surface area contributed by atoms with Gasteiger partial charge in [0, 0.05) is 45.8 Å². The van der Waals surface area contributed by atoms with Crippen molar-refractivity contribution in [2.45, 2.75) is 31.7 Å². The molecular formula is C27H30N6O. The molecule has 1 fully saturated rings. The first-order valence-corrected chi connectivity index (χ1v) is 11.8. The van der Waals surface area contributed by atoms with Crippen LogP contribution in [0.2, 0.25) is 0 Å². The zero-order valence-corrected chi connectivity index (χ0v) is 19.7. The summed E-state index contributed by atoms with van der Waals surface area (Å²) in [6, 6.07) is 12.5. The van der Waals surface area contributed by atoms with Gasteiger partial charge in [-0.1, -0.05) is 36.1 Å². The number of nitrogens with one attached hydrogen (secondary N) is 1. The van der Waals surface area contributed by atoms with Gasteiger partial charge >= 0.3 is 0 Å². The van der Waals surface area contributed by atoms with Gasteiger partial charge in [0.1, 0.15) is 11.4 Å². The molecule has 3 aromatic rings. The Morgan fingerprint density at radius 2 is 2.00 bits per heavy atom. The second kappa shape index (κ2) is 8.96. The number of aromatic nitrogens is 3. The number of hydrogen-bond acceptors (Lipinski definition) is 6. The van der Waals surface area contributed by atoms with Gasteiger partial charge in [-0.3, -0.25) is 9.36 Å². The van der Waals surface area contributed by atoms with Crippen LogP contribution >= 0.6 is 0 Å². The lowest BCUT2D eigenvalue weighted by Crippen LogP contribution is -2.46. The van der Waals surface area contributed by atoms with E-state index in [4.69, 9.17) is 5.73 Å². The van der Waals surface area contributed by atoms with E-state index >= 15 is 0 Å². The first kappa shape index (κ1) is 22.2. The van der Waals surface area contributed by atoms with E-state index in [0.717, 1.165) is 43.7 Å². The van der Waals surface area contributed by atoms with Crippen molar-refractivity contribution in [1.82, 2.24) is 14.5 Å². The van der Waals surface area contributed by atoms with E-state index in [0.29, 0.717) is 17.9 Å². The van der Waals surface area contributed by atoms with E-state index in [1.165, 1.54) is 11.1 Å². The predicted molar refractivity (Wildman–Crippen MR) is 135 cm³/mol. The van der Waals surface area contributed by atoms with Crippen molar-refractivity contribution in [3.63, 3.8) is 0 Å². The number of piperidine rings is 1. The smallest absolute Gasteiger partial charge is 0.270 e. The summed E-state index contributed by atoms with van der Waals surface area (Å²) in [7, 11) is 3.61. The minimum Gasteiger partial charge on any atom is -0.373 e. The van der Waals surface area contributed by atoms with Crippen LogP contribution in [0, 0.1) is 17.3 Å². The molecule has 2 aliphatic rings. The molecule has 0 unspecified atom stereocenters. The van der Waals surface area contributed by atoms with E-state index in [1.54, 1.807) is 24.0 Å². The van der Waals surface area contributed by atoms with E-state index in [1.807, 2.05) is 19.2 Å². The SMILES string of the molecule is CNc1cc(CC#Cc2cnc(N3CCC4(CC3)Cc3ccccc3[C@H]4N)n(C)c2=O)ccn1. The number of hydrogen-bond donors (Lipinski definition) is 2. The highest BCUT2D eigenvalue weighted by Gasteiger charge is 2.46. The third-order valence-electron chi connectivity index (χ3n) is 7.37. The van der Waals surface area contributed by atoms with Crippen LogP contribution in [-0.4, -0.2) is 34.7 Å². The number of rotatable bonds is 3. The number of nitrogens with two attached hydrogens (primary N) is 1. The Bertz CT molecular complexity index is 1330. The molecule has 34 heavy (non-hydrogen) atoms. The molecule has 1 saturated heterocycles. The normalized spacial score (nSPS) is 18.3. The van der Waals surface area contributed by atoms with Crippen molar-refractivity contribution in [2.75, 3.05) is 30.4 Å². The third-order valence-corrected chi connectivity index (χ3v) is 7.37. The molecular weight excluding hydrogens is 424 g/mol. The van der Waals surface area contributed by atoms with Gasteiger partial charge in [0.2, 0.25) is 5.95 Å². The molecule has 174 valence electrons. The zero-order valence-electron chi connectivity index (χ0n) is 19.7. The summed E-state index contributed by atoms with van der Waals surface area (Å²) in [5, 5.41) is 3.02. The van der Waals surface area contributed by atoms with Crippen molar-refractivity contribution in [1.29, 1.82) is 0 Å². The summed E-state index contributed by atoms with van der Waals surface area (Å²) < 4.78 is 1.62. The maximum Gasteiger partial charge on any atom is 0.270 e. The van der Waals surface area contributed by atoms with Crippen LogP contribution in [0.1, 0.15) is 41.1 Å². The summed E-state index contributed by atoms with van der Waals surface area (Å²) in [6.07, 6.45) is 6.91. The van der Waals surface area contributed by atoms with Crippen LogP contribution in [0.25, 0.3) is 0 Å². The molecule has 7 nitrogen and oxygen atoms in total. The highest BCUT2D eigenvalue weighted by molar-refractivity contribution is 5.42. The monoisotopic (exact) mass is 454 g/mol. The van der Waals surface area contributed by atoms with Crippen molar-refractivity contribution in [2.24, 2.45) is 18.2 Å². The Balaban J connectivity index is 1.28. The fraction of sp³-hybridized carbons (Fsp3) is 0.370. The highest BCUT2D eigenvalue weighted by atomic mass is 16.1. The number of fused-ring (bicyclic) bond motifs is 1. The maximum atomic E-state index is 13.0. The summed E-state index contributed by atoms with van der Waals surface area (Å²) in [5.74, 6) is 7.59. The van der Waals surface area contributed by atoms with Gasteiger partial charge in [-0.05, 0) is 53.5 Å². The van der Waals surface area contributed by atoms with Crippen LogP contribution in [0.4, 0.5) is 11.8 Å². The molecule has 1 spiro atoms. The quantitative estimate of drug-likeness (QED) is 0.592. The fourth-order valence-corrected chi connectivity index (χ4v) is 5.34. The minimum atomic E-state index is -0.117. The Morgan fingerprint density at radius 1 is 1.21 bits per heavy atom. The third kappa shape index (κ3) is 3.95. The average molecular weight is 455 g/mol. The average Bonchev–Trinajstić information content (AvgIpc) is 3.14. The molecule has 5 rings (SSSR count). The largest absolute Gasteiger partial charge is 0.373 e. The van der Waals surface area contributed by atoms with E-state index in [-0.39, 0.29) is 17.0 Å². The van der Waals surface area contributed by atoms with Crippen LogP contribution in [0.15, 0.2) is 53.6 Å². The van der Waals surface area contributed by atoms with Gasteiger partial charge in [-0.2, -0.15) is 0 Å². The van der Waals surface area contributed by atoms with Gasteiger partial charge in [-0.15, -0.1) is 0 Å². The van der Waals surface area contributed by atoms with Gasteiger partial charge in [-0.25, -0.2) is 9.97 Å². The molecule has 1 aliphatic carbocycles. The van der Waals surface area contributed by atoms with Crippen molar-refractivity contribution in [3.8, 4) is 11.8 Å². The molecule has 0 amide bonds. The summed E-state index contributed by atoms with van der Waals surface area (Å²) in [6.45, 7) is 1.67. The lowest BCUT2D eigenvalue weighted by atomic mass is 9.73. The molecule has 3 heterocycles. The Morgan fingerprint density at radius 3 is 2.76 bits per heavy atom. The van der Waals surface area contributed by atoms with E-state index in [9.17, 15) is 4.79 Å². The summed E-state index contributed by atoms with van der Waals surface area (Å²) in [5.41, 5.74) is 10.8. The van der Waals surface area contributed by atoms with Gasteiger partial charge < -0.3 is 16.0 Å². The first-order chi connectivity index (χ1) is 16.5. The van der Waals surface area contributed by atoms with Crippen molar-refractivity contribution >= 4 is 11.8 Å². The molecule has 3 N–H and O–H groups in total. The summed E-state index contributed by atoms with van der Waals surface area (Å²) in [4.78, 5) is 24.0. The summed E-state index contributed by atoms with van der Waals surface area (Å²) >= 11 is 0. The van der Waals surface area contributed by atoms with E-state index < -0.39 is 0 Å².